The second kappa shape index (κ2) is 7.99. The molecule has 33 heavy (non-hydrogen) atoms. The number of hydrogen-bond acceptors (Lipinski definition) is 6. The van der Waals surface area contributed by atoms with E-state index < -0.39 is 5.79 Å². The molecule has 9 nitrogen and oxygen atoms in total. The van der Waals surface area contributed by atoms with Crippen molar-refractivity contribution < 1.29 is 23.5 Å². The molecule has 0 saturated carbocycles. The summed E-state index contributed by atoms with van der Waals surface area (Å²) in [5.74, 6) is 0.822. The lowest BCUT2D eigenvalue weighted by molar-refractivity contribution is -0.187. The van der Waals surface area contributed by atoms with Crippen molar-refractivity contribution >= 4 is 11.8 Å². The smallest absolute Gasteiger partial charge is 0.289 e. The zero-order valence-corrected chi connectivity index (χ0v) is 19.1. The van der Waals surface area contributed by atoms with E-state index >= 15 is 0 Å². The number of nitrogens with zero attached hydrogens (tertiary/aromatic N) is 4. The van der Waals surface area contributed by atoms with Gasteiger partial charge in [-0.1, -0.05) is 0 Å². The van der Waals surface area contributed by atoms with Gasteiger partial charge in [-0.25, -0.2) is 0 Å². The second-order valence-electron chi connectivity index (χ2n) is 9.54. The highest BCUT2D eigenvalue weighted by Crippen LogP contribution is 2.39. The highest BCUT2D eigenvalue weighted by molar-refractivity contribution is 5.95. The van der Waals surface area contributed by atoms with Crippen LogP contribution in [0.4, 0.5) is 0 Å². The number of fused-ring (bicyclic) bond motifs is 3. The maximum Gasteiger partial charge on any atom is 0.289 e. The lowest BCUT2D eigenvalue weighted by atomic mass is 9.93. The van der Waals surface area contributed by atoms with E-state index in [1.165, 1.54) is 0 Å². The molecule has 3 fully saturated rings. The normalized spacial score (nSPS) is 21.5. The fourth-order valence-corrected chi connectivity index (χ4v) is 5.63. The van der Waals surface area contributed by atoms with Gasteiger partial charge in [0.2, 0.25) is 5.91 Å². The number of carbonyl (C=O) groups excluding carboxylic acids is 2. The van der Waals surface area contributed by atoms with Gasteiger partial charge in [-0.15, -0.1) is 0 Å². The van der Waals surface area contributed by atoms with Crippen molar-refractivity contribution in [3.8, 4) is 11.3 Å². The number of rotatable bonds is 3. The Bertz CT molecular complexity index is 1080. The number of aromatic nitrogens is 2. The van der Waals surface area contributed by atoms with Crippen LogP contribution in [0.2, 0.25) is 0 Å². The average Bonchev–Trinajstić information content (AvgIpc) is 3.60. The average molecular weight is 455 g/mol. The van der Waals surface area contributed by atoms with Crippen molar-refractivity contribution in [2.45, 2.75) is 57.8 Å². The molecule has 5 heterocycles. The van der Waals surface area contributed by atoms with Crippen LogP contribution in [0.5, 0.6) is 0 Å². The summed E-state index contributed by atoms with van der Waals surface area (Å²) in [6, 6.07) is 0. The standard InChI is InChI=1S/C24H30N4O5/c1-16-20-18(33-22(16)23(30)27-8-2-3-9-27)5-4-17-14-28(25-21(17)20)15-19(29)26-10-6-24(7-11-26)31-12-13-32-24/h14H,2-13,15H2,1H3. The quantitative estimate of drug-likeness (QED) is 0.706. The Kier molecular flexibility index (Phi) is 5.06. The first kappa shape index (κ1) is 20.9. The van der Waals surface area contributed by atoms with E-state index in [0.717, 1.165) is 66.9 Å². The van der Waals surface area contributed by atoms with Gasteiger partial charge in [-0.3, -0.25) is 14.3 Å². The highest BCUT2D eigenvalue weighted by Gasteiger charge is 2.41. The van der Waals surface area contributed by atoms with Gasteiger partial charge in [0.05, 0.1) is 18.9 Å². The molecule has 2 aromatic heterocycles. The molecule has 2 aromatic rings. The summed E-state index contributed by atoms with van der Waals surface area (Å²) in [5, 5.41) is 4.76. The lowest BCUT2D eigenvalue weighted by Crippen LogP contribution is -2.48. The summed E-state index contributed by atoms with van der Waals surface area (Å²) < 4.78 is 19.3. The molecule has 6 rings (SSSR count). The summed E-state index contributed by atoms with van der Waals surface area (Å²) in [6.07, 6.45) is 7.02. The topological polar surface area (TPSA) is 90.0 Å². The Balaban J connectivity index is 1.18. The zero-order chi connectivity index (χ0) is 22.6. The van der Waals surface area contributed by atoms with Gasteiger partial charge in [0.25, 0.3) is 5.91 Å². The van der Waals surface area contributed by atoms with Crippen molar-refractivity contribution in [1.82, 2.24) is 19.6 Å². The van der Waals surface area contributed by atoms with E-state index in [0.29, 0.717) is 44.9 Å². The number of aryl methyl sites for hydroxylation is 2. The fraction of sp³-hybridized carbons (Fsp3) is 0.625. The Labute approximate surface area is 192 Å². The number of hydrogen-bond donors (Lipinski definition) is 0. The molecule has 4 aliphatic rings. The van der Waals surface area contributed by atoms with Crippen LogP contribution in [0.3, 0.4) is 0 Å². The third-order valence-electron chi connectivity index (χ3n) is 7.49. The van der Waals surface area contributed by atoms with Gasteiger partial charge in [0.15, 0.2) is 11.5 Å². The number of piperidine rings is 1. The Morgan fingerprint density at radius 1 is 1.03 bits per heavy atom. The molecule has 0 aromatic carbocycles. The molecule has 0 atom stereocenters. The molecule has 1 aliphatic carbocycles. The molecule has 9 heteroatoms. The Hall–Kier alpha value is -2.65. The molecule has 0 radical (unpaired) electrons. The van der Waals surface area contributed by atoms with E-state index in [4.69, 9.17) is 19.0 Å². The molecule has 1 spiro atoms. The van der Waals surface area contributed by atoms with Crippen LogP contribution in [-0.2, 0) is 33.7 Å². The van der Waals surface area contributed by atoms with Crippen molar-refractivity contribution in [1.29, 1.82) is 0 Å². The maximum atomic E-state index is 13.0. The SMILES string of the molecule is Cc1c(C(=O)N2CCCC2)oc2c1-c1nn(CC(=O)N3CCC4(CC3)OCCO4)cc1CC2. The largest absolute Gasteiger partial charge is 0.455 e. The van der Waals surface area contributed by atoms with Crippen LogP contribution in [0.25, 0.3) is 11.3 Å². The van der Waals surface area contributed by atoms with Gasteiger partial charge < -0.3 is 23.7 Å². The van der Waals surface area contributed by atoms with Crippen molar-refractivity contribution in [3.05, 3.63) is 28.8 Å². The van der Waals surface area contributed by atoms with Crippen LogP contribution in [0, 0.1) is 6.92 Å². The first-order valence-electron chi connectivity index (χ1n) is 12.1. The number of likely N-dealkylation sites (tertiary alicyclic amines) is 2. The fourth-order valence-electron chi connectivity index (χ4n) is 5.63. The summed E-state index contributed by atoms with van der Waals surface area (Å²) in [5.41, 5.74) is 3.73. The monoisotopic (exact) mass is 454 g/mol. The number of carbonyl (C=O) groups is 2. The minimum atomic E-state index is -0.485. The van der Waals surface area contributed by atoms with Crippen LogP contribution < -0.4 is 0 Å². The van der Waals surface area contributed by atoms with Gasteiger partial charge in [0, 0.05) is 62.8 Å². The van der Waals surface area contributed by atoms with E-state index in [1.807, 2.05) is 22.9 Å². The summed E-state index contributed by atoms with van der Waals surface area (Å²) in [4.78, 5) is 29.7. The minimum Gasteiger partial charge on any atom is -0.455 e. The van der Waals surface area contributed by atoms with Crippen molar-refractivity contribution in [3.63, 3.8) is 0 Å². The predicted octanol–water partition coefficient (Wildman–Crippen LogP) is 2.15. The summed E-state index contributed by atoms with van der Waals surface area (Å²) in [6.45, 7) is 6.26. The number of amides is 2. The first-order valence-corrected chi connectivity index (χ1v) is 12.1. The molecular weight excluding hydrogens is 424 g/mol. The first-order chi connectivity index (χ1) is 16.0. The molecule has 0 N–H and O–H groups in total. The lowest BCUT2D eigenvalue weighted by Gasteiger charge is -2.37. The van der Waals surface area contributed by atoms with E-state index in [1.54, 1.807) is 4.68 Å². The van der Waals surface area contributed by atoms with Crippen LogP contribution in [0.15, 0.2) is 10.6 Å². The van der Waals surface area contributed by atoms with E-state index in [9.17, 15) is 9.59 Å². The van der Waals surface area contributed by atoms with Gasteiger partial charge in [-0.05, 0) is 31.7 Å². The Morgan fingerprint density at radius 3 is 2.48 bits per heavy atom. The second-order valence-corrected chi connectivity index (χ2v) is 9.54. The van der Waals surface area contributed by atoms with E-state index in [-0.39, 0.29) is 18.4 Å². The van der Waals surface area contributed by atoms with E-state index in [2.05, 4.69) is 0 Å². The van der Waals surface area contributed by atoms with Crippen LogP contribution in [0.1, 0.15) is 53.1 Å². The summed E-state index contributed by atoms with van der Waals surface area (Å²) >= 11 is 0. The molecule has 3 aliphatic heterocycles. The number of furan rings is 1. The third-order valence-corrected chi connectivity index (χ3v) is 7.49. The van der Waals surface area contributed by atoms with Crippen molar-refractivity contribution in [2.24, 2.45) is 0 Å². The molecule has 0 bridgehead atoms. The molecular formula is C24H30N4O5. The minimum absolute atomic E-state index is 0.0198. The van der Waals surface area contributed by atoms with Crippen LogP contribution in [-0.4, -0.2) is 76.6 Å². The molecule has 0 unspecified atom stereocenters. The van der Waals surface area contributed by atoms with Gasteiger partial charge >= 0.3 is 0 Å². The molecule has 3 saturated heterocycles. The van der Waals surface area contributed by atoms with Gasteiger partial charge in [-0.2, -0.15) is 5.10 Å². The Morgan fingerprint density at radius 2 is 1.76 bits per heavy atom. The van der Waals surface area contributed by atoms with Crippen LogP contribution >= 0.6 is 0 Å². The van der Waals surface area contributed by atoms with Crippen molar-refractivity contribution in [2.75, 3.05) is 39.4 Å². The maximum absolute atomic E-state index is 13.0. The molecule has 176 valence electrons. The van der Waals surface area contributed by atoms with Gasteiger partial charge in [0.1, 0.15) is 12.3 Å². The molecule has 2 amide bonds. The zero-order valence-electron chi connectivity index (χ0n) is 19.1. The highest BCUT2D eigenvalue weighted by atomic mass is 16.7. The summed E-state index contributed by atoms with van der Waals surface area (Å²) in [7, 11) is 0. The number of ether oxygens (including phenoxy) is 2. The predicted molar refractivity (Wildman–Crippen MR) is 118 cm³/mol. The third kappa shape index (κ3) is 3.58.